The molecule has 1 aromatic heterocycles. The van der Waals surface area contributed by atoms with Crippen LogP contribution in [0.15, 0.2) is 53.1 Å². The van der Waals surface area contributed by atoms with Gasteiger partial charge in [-0.1, -0.05) is 44.0 Å². The minimum Gasteiger partial charge on any atom is -0.494 e. The van der Waals surface area contributed by atoms with Gasteiger partial charge in [0.05, 0.1) is 12.5 Å². The molecule has 0 saturated carbocycles. The molecule has 0 aliphatic carbocycles. The third kappa shape index (κ3) is 5.18. The monoisotopic (exact) mass is 433 g/mol. The molecule has 1 fully saturated rings. The summed E-state index contributed by atoms with van der Waals surface area (Å²) in [6.07, 6.45) is 5.95. The van der Waals surface area contributed by atoms with Crippen molar-refractivity contribution < 1.29 is 14.1 Å². The van der Waals surface area contributed by atoms with Crippen LogP contribution in [0.2, 0.25) is 0 Å². The SMILES string of the molecule is CCCCOc1ccc(-c2noc(C3CC(=O)N(c4ccc(CCCC)cc4)C3)n2)cc1. The number of aryl methyl sites for hydroxylation is 1. The number of unbranched alkanes of at least 4 members (excludes halogenated alkanes) is 2. The summed E-state index contributed by atoms with van der Waals surface area (Å²) in [4.78, 5) is 19.1. The Morgan fingerprint density at radius 2 is 1.78 bits per heavy atom. The van der Waals surface area contributed by atoms with Crippen molar-refractivity contribution in [2.45, 2.75) is 58.3 Å². The number of benzene rings is 2. The molecule has 1 amide bonds. The third-order valence-electron chi connectivity index (χ3n) is 5.86. The average Bonchev–Trinajstić information content (AvgIpc) is 3.46. The van der Waals surface area contributed by atoms with Gasteiger partial charge in [0, 0.05) is 24.2 Å². The number of carbonyl (C=O) groups is 1. The average molecular weight is 434 g/mol. The van der Waals surface area contributed by atoms with Crippen molar-refractivity contribution in [2.24, 2.45) is 0 Å². The minimum absolute atomic E-state index is 0.0876. The van der Waals surface area contributed by atoms with E-state index in [2.05, 4.69) is 36.1 Å². The zero-order valence-corrected chi connectivity index (χ0v) is 18.9. The van der Waals surface area contributed by atoms with E-state index in [0.717, 1.165) is 42.9 Å². The highest BCUT2D eigenvalue weighted by Gasteiger charge is 2.35. The molecule has 1 saturated heterocycles. The largest absolute Gasteiger partial charge is 0.494 e. The number of amides is 1. The molecule has 1 unspecified atom stereocenters. The van der Waals surface area contributed by atoms with Crippen LogP contribution < -0.4 is 9.64 Å². The summed E-state index contributed by atoms with van der Waals surface area (Å²) < 4.78 is 11.2. The van der Waals surface area contributed by atoms with E-state index in [0.29, 0.717) is 24.7 Å². The first kappa shape index (κ1) is 22.1. The van der Waals surface area contributed by atoms with Crippen LogP contribution in [-0.2, 0) is 11.2 Å². The summed E-state index contributed by atoms with van der Waals surface area (Å²) in [5.74, 6) is 1.87. The van der Waals surface area contributed by atoms with E-state index in [1.54, 1.807) is 0 Å². The second-order valence-electron chi connectivity index (χ2n) is 8.36. The molecule has 0 N–H and O–H groups in total. The van der Waals surface area contributed by atoms with E-state index in [-0.39, 0.29) is 11.8 Å². The van der Waals surface area contributed by atoms with Gasteiger partial charge in [0.1, 0.15) is 5.75 Å². The van der Waals surface area contributed by atoms with Crippen LogP contribution in [-0.4, -0.2) is 29.2 Å². The van der Waals surface area contributed by atoms with E-state index in [1.807, 2.05) is 41.3 Å². The summed E-state index contributed by atoms with van der Waals surface area (Å²) in [6, 6.07) is 16.0. The van der Waals surface area contributed by atoms with Crippen LogP contribution in [0.1, 0.15) is 63.3 Å². The van der Waals surface area contributed by atoms with Gasteiger partial charge in [-0.2, -0.15) is 4.98 Å². The molecule has 4 rings (SSSR count). The second kappa shape index (κ2) is 10.4. The van der Waals surface area contributed by atoms with Crippen molar-refractivity contribution in [1.82, 2.24) is 10.1 Å². The number of aromatic nitrogens is 2. The normalized spacial score (nSPS) is 16.0. The van der Waals surface area contributed by atoms with E-state index in [1.165, 1.54) is 18.4 Å². The van der Waals surface area contributed by atoms with Gasteiger partial charge in [-0.15, -0.1) is 0 Å². The maximum absolute atomic E-state index is 12.7. The molecule has 6 heteroatoms. The fourth-order valence-corrected chi connectivity index (χ4v) is 3.90. The maximum atomic E-state index is 12.7. The summed E-state index contributed by atoms with van der Waals surface area (Å²) in [6.45, 7) is 5.61. The summed E-state index contributed by atoms with van der Waals surface area (Å²) >= 11 is 0. The molecule has 1 atom stereocenters. The highest BCUT2D eigenvalue weighted by molar-refractivity contribution is 5.96. The van der Waals surface area contributed by atoms with Crippen LogP contribution in [0.4, 0.5) is 5.69 Å². The van der Waals surface area contributed by atoms with Gasteiger partial charge in [0.15, 0.2) is 0 Å². The van der Waals surface area contributed by atoms with E-state index in [4.69, 9.17) is 9.26 Å². The molecule has 3 aromatic rings. The van der Waals surface area contributed by atoms with Crippen molar-refractivity contribution in [3.8, 4) is 17.1 Å². The number of carbonyl (C=O) groups excluding carboxylic acids is 1. The van der Waals surface area contributed by atoms with Gasteiger partial charge >= 0.3 is 0 Å². The number of nitrogens with zero attached hydrogens (tertiary/aromatic N) is 3. The van der Waals surface area contributed by atoms with Crippen molar-refractivity contribution in [3.05, 3.63) is 60.0 Å². The standard InChI is InChI=1S/C26H31N3O3/c1-3-5-7-19-8-12-22(13-9-19)29-18-21(17-24(29)30)26-27-25(28-32-26)20-10-14-23(15-11-20)31-16-6-4-2/h8-15,21H,3-7,16-18H2,1-2H3. The zero-order valence-electron chi connectivity index (χ0n) is 18.9. The van der Waals surface area contributed by atoms with Crippen LogP contribution in [0.5, 0.6) is 5.75 Å². The lowest BCUT2D eigenvalue weighted by Crippen LogP contribution is -2.24. The molecule has 168 valence electrons. The molecule has 0 bridgehead atoms. The first-order chi connectivity index (χ1) is 15.7. The lowest BCUT2D eigenvalue weighted by atomic mass is 10.1. The van der Waals surface area contributed by atoms with Gasteiger partial charge in [-0.05, 0) is 61.2 Å². The maximum Gasteiger partial charge on any atom is 0.232 e. The van der Waals surface area contributed by atoms with Gasteiger partial charge in [-0.3, -0.25) is 4.79 Å². The van der Waals surface area contributed by atoms with Gasteiger partial charge < -0.3 is 14.2 Å². The Balaban J connectivity index is 1.39. The van der Waals surface area contributed by atoms with Gasteiger partial charge in [-0.25, -0.2) is 0 Å². The molecule has 1 aliphatic heterocycles. The van der Waals surface area contributed by atoms with E-state index in [9.17, 15) is 4.79 Å². The molecule has 0 spiro atoms. The molecule has 6 nitrogen and oxygen atoms in total. The number of anilines is 1. The van der Waals surface area contributed by atoms with Crippen LogP contribution in [0.25, 0.3) is 11.4 Å². The first-order valence-electron chi connectivity index (χ1n) is 11.6. The second-order valence-corrected chi connectivity index (χ2v) is 8.36. The first-order valence-corrected chi connectivity index (χ1v) is 11.6. The fraction of sp³-hybridized carbons (Fsp3) is 0.423. The smallest absolute Gasteiger partial charge is 0.232 e. The highest BCUT2D eigenvalue weighted by Crippen LogP contribution is 2.32. The third-order valence-corrected chi connectivity index (χ3v) is 5.86. The fourth-order valence-electron chi connectivity index (χ4n) is 3.90. The quantitative estimate of drug-likeness (QED) is 0.379. The van der Waals surface area contributed by atoms with Crippen molar-refractivity contribution in [2.75, 3.05) is 18.1 Å². The molecule has 32 heavy (non-hydrogen) atoms. The Bertz CT molecular complexity index is 1010. The summed E-state index contributed by atoms with van der Waals surface area (Å²) in [7, 11) is 0. The molecule has 1 aliphatic rings. The Morgan fingerprint density at radius 1 is 1.03 bits per heavy atom. The lowest BCUT2D eigenvalue weighted by Gasteiger charge is -2.16. The Labute approximate surface area is 189 Å². The minimum atomic E-state index is -0.0971. The Hall–Kier alpha value is -3.15. The van der Waals surface area contributed by atoms with Crippen molar-refractivity contribution >= 4 is 11.6 Å². The molecule has 2 heterocycles. The van der Waals surface area contributed by atoms with Crippen LogP contribution in [0, 0.1) is 0 Å². The number of ether oxygens (including phenoxy) is 1. The summed E-state index contributed by atoms with van der Waals surface area (Å²) in [5, 5.41) is 4.14. The highest BCUT2D eigenvalue weighted by atomic mass is 16.5. The molecule has 0 radical (unpaired) electrons. The van der Waals surface area contributed by atoms with Crippen LogP contribution in [0.3, 0.4) is 0 Å². The predicted octanol–water partition coefficient (Wildman–Crippen LogP) is 5.78. The van der Waals surface area contributed by atoms with Crippen molar-refractivity contribution in [3.63, 3.8) is 0 Å². The lowest BCUT2D eigenvalue weighted by molar-refractivity contribution is -0.117. The molecular weight excluding hydrogens is 402 g/mol. The Kier molecular flexibility index (Phi) is 7.20. The Morgan fingerprint density at radius 3 is 2.50 bits per heavy atom. The predicted molar refractivity (Wildman–Crippen MR) is 125 cm³/mol. The number of rotatable bonds is 10. The van der Waals surface area contributed by atoms with Gasteiger partial charge in [0.2, 0.25) is 17.6 Å². The molecule has 2 aromatic carbocycles. The van der Waals surface area contributed by atoms with Crippen LogP contribution >= 0.6 is 0 Å². The van der Waals surface area contributed by atoms with E-state index >= 15 is 0 Å². The zero-order chi connectivity index (χ0) is 22.3. The summed E-state index contributed by atoms with van der Waals surface area (Å²) in [5.41, 5.74) is 3.10. The van der Waals surface area contributed by atoms with E-state index < -0.39 is 0 Å². The molecular formula is C26H31N3O3. The topological polar surface area (TPSA) is 68.5 Å². The van der Waals surface area contributed by atoms with Crippen molar-refractivity contribution in [1.29, 1.82) is 0 Å². The van der Waals surface area contributed by atoms with Gasteiger partial charge in [0.25, 0.3) is 0 Å². The number of hydrogen-bond donors (Lipinski definition) is 0. The number of hydrogen-bond acceptors (Lipinski definition) is 5.